The van der Waals surface area contributed by atoms with Crippen molar-refractivity contribution in [1.82, 2.24) is 0 Å². The zero-order chi connectivity index (χ0) is 24.8. The van der Waals surface area contributed by atoms with Gasteiger partial charge >= 0.3 is 12.1 Å². The highest BCUT2D eigenvalue weighted by Gasteiger charge is 2.51. The first-order valence-corrected chi connectivity index (χ1v) is 10.7. The summed E-state index contributed by atoms with van der Waals surface area (Å²) in [7, 11) is 2.80. The van der Waals surface area contributed by atoms with E-state index in [-0.39, 0.29) is 34.8 Å². The van der Waals surface area contributed by atoms with E-state index in [0.717, 1.165) is 0 Å². The first-order valence-electron chi connectivity index (χ1n) is 10.7. The van der Waals surface area contributed by atoms with Crippen molar-refractivity contribution >= 4 is 23.1 Å². The second-order valence-corrected chi connectivity index (χ2v) is 9.16. The van der Waals surface area contributed by atoms with Crippen LogP contribution in [0.15, 0.2) is 53.7 Å². The van der Waals surface area contributed by atoms with Crippen LogP contribution in [0.5, 0.6) is 11.5 Å². The number of allylic oxidation sites excluding steroid dienone is 1. The maximum atomic E-state index is 14.0. The molecule has 0 aromatic heterocycles. The topological polar surface area (TPSA) is 67.9 Å². The summed E-state index contributed by atoms with van der Waals surface area (Å²) in [6, 6.07) is 9.50. The number of alkyl halides is 3. The van der Waals surface area contributed by atoms with Crippen LogP contribution in [0.2, 0.25) is 0 Å². The highest BCUT2D eigenvalue weighted by atomic mass is 19.4. The number of nitrogens with one attached hydrogen (secondary N) is 1. The fraction of sp³-hybridized carbons (Fsp3) is 0.360. The van der Waals surface area contributed by atoms with E-state index < -0.39 is 23.5 Å². The van der Waals surface area contributed by atoms with Crippen molar-refractivity contribution in [2.24, 2.45) is 5.41 Å². The molecule has 34 heavy (non-hydrogen) atoms. The number of ketones is 1. The largest absolute Gasteiger partial charge is 0.497 e. The Balaban J connectivity index is 2.10. The molecule has 0 saturated heterocycles. The molecule has 6 nitrogen and oxygen atoms in total. The predicted octanol–water partition coefficient (Wildman–Crippen LogP) is 5.41. The van der Waals surface area contributed by atoms with Gasteiger partial charge in [-0.2, -0.15) is 13.2 Å². The van der Waals surface area contributed by atoms with Crippen LogP contribution in [-0.4, -0.2) is 32.1 Å². The Bertz CT molecular complexity index is 1190. The number of fused-ring (bicyclic) bond motifs is 1. The molecule has 1 N–H and O–H groups in total. The Labute approximate surface area is 195 Å². The number of hydrogen-bond donors (Lipinski definition) is 1. The van der Waals surface area contributed by atoms with Crippen LogP contribution >= 0.6 is 0 Å². The fourth-order valence-electron chi connectivity index (χ4n) is 4.69. The Morgan fingerprint density at radius 1 is 1.09 bits per heavy atom. The number of benzene rings is 2. The molecule has 1 heterocycles. The molecule has 2 aromatic carbocycles. The number of para-hydroxylation sites is 2. The average molecular weight is 474 g/mol. The van der Waals surface area contributed by atoms with Gasteiger partial charge in [-0.05, 0) is 42.2 Å². The van der Waals surface area contributed by atoms with Crippen LogP contribution in [0.1, 0.15) is 38.3 Å². The third-order valence-corrected chi connectivity index (χ3v) is 6.09. The van der Waals surface area contributed by atoms with Crippen LogP contribution in [0.4, 0.5) is 24.5 Å². The van der Waals surface area contributed by atoms with Crippen LogP contribution in [-0.2, 0) is 9.59 Å². The number of nitrogens with zero attached hydrogens (tertiary/aromatic N) is 1. The van der Waals surface area contributed by atoms with Crippen molar-refractivity contribution in [3.8, 4) is 11.5 Å². The van der Waals surface area contributed by atoms with Crippen molar-refractivity contribution in [2.45, 2.75) is 38.9 Å². The number of amides is 1. The minimum absolute atomic E-state index is 0.0136. The maximum absolute atomic E-state index is 14.0. The maximum Gasteiger partial charge on any atom is 0.471 e. The third-order valence-electron chi connectivity index (χ3n) is 6.09. The van der Waals surface area contributed by atoms with Crippen molar-refractivity contribution in [3.05, 3.63) is 59.3 Å². The van der Waals surface area contributed by atoms with E-state index >= 15 is 0 Å². The second-order valence-electron chi connectivity index (χ2n) is 9.16. The number of methoxy groups -OCH3 is 2. The first-order chi connectivity index (χ1) is 16.0. The predicted molar refractivity (Wildman–Crippen MR) is 121 cm³/mol. The molecule has 1 aliphatic heterocycles. The van der Waals surface area contributed by atoms with Gasteiger partial charge in [0.05, 0.1) is 31.6 Å². The molecule has 1 amide bonds. The van der Waals surface area contributed by atoms with Crippen LogP contribution < -0.4 is 19.7 Å². The number of Topliss-reactive ketones (excluding diaryl/α,β-unsaturated/α-hetero) is 1. The smallest absolute Gasteiger partial charge is 0.471 e. The summed E-state index contributed by atoms with van der Waals surface area (Å²) in [6.07, 6.45) is -4.64. The summed E-state index contributed by atoms with van der Waals surface area (Å²) < 4.78 is 52.6. The van der Waals surface area contributed by atoms with E-state index in [9.17, 15) is 22.8 Å². The molecular weight excluding hydrogens is 449 g/mol. The zero-order valence-electron chi connectivity index (χ0n) is 19.2. The number of rotatable bonds is 3. The molecule has 0 saturated carbocycles. The molecule has 0 fully saturated rings. The van der Waals surface area contributed by atoms with Gasteiger partial charge in [0.15, 0.2) is 5.78 Å². The summed E-state index contributed by atoms with van der Waals surface area (Å²) in [5.74, 6) is -1.83. The Morgan fingerprint density at radius 2 is 1.79 bits per heavy atom. The molecule has 1 atom stereocenters. The van der Waals surface area contributed by atoms with E-state index in [1.54, 1.807) is 30.3 Å². The molecule has 180 valence electrons. The van der Waals surface area contributed by atoms with Gasteiger partial charge in [0.25, 0.3) is 0 Å². The molecule has 0 spiro atoms. The molecule has 0 unspecified atom stereocenters. The minimum atomic E-state index is -5.18. The lowest BCUT2D eigenvalue weighted by atomic mass is 9.73. The van der Waals surface area contributed by atoms with Gasteiger partial charge in [-0.1, -0.05) is 26.0 Å². The number of anilines is 2. The summed E-state index contributed by atoms with van der Waals surface area (Å²) in [5.41, 5.74) is 0.728. The first kappa shape index (κ1) is 23.7. The van der Waals surface area contributed by atoms with Gasteiger partial charge in [0.1, 0.15) is 11.5 Å². The SMILES string of the molecule is COc1ccc(OC)c([C@@H]2C3=C(CC(C)(C)CC3=O)Nc3ccccc3N2C(=O)C(F)(F)F)c1. The van der Waals surface area contributed by atoms with E-state index in [1.165, 1.54) is 26.4 Å². The summed E-state index contributed by atoms with van der Waals surface area (Å²) in [6.45, 7) is 3.85. The number of ether oxygens (including phenoxy) is 2. The fourth-order valence-corrected chi connectivity index (χ4v) is 4.69. The van der Waals surface area contributed by atoms with Crippen LogP contribution in [0.3, 0.4) is 0 Å². The van der Waals surface area contributed by atoms with Crippen molar-refractivity contribution < 1.29 is 32.2 Å². The van der Waals surface area contributed by atoms with Gasteiger partial charge in [-0.3, -0.25) is 14.5 Å². The lowest BCUT2D eigenvalue weighted by molar-refractivity contribution is -0.170. The van der Waals surface area contributed by atoms with Crippen LogP contribution in [0.25, 0.3) is 0 Å². The van der Waals surface area contributed by atoms with E-state index in [4.69, 9.17) is 9.47 Å². The van der Waals surface area contributed by atoms with Crippen molar-refractivity contribution in [2.75, 3.05) is 24.4 Å². The van der Waals surface area contributed by atoms with E-state index in [2.05, 4.69) is 5.32 Å². The van der Waals surface area contributed by atoms with E-state index in [1.807, 2.05) is 13.8 Å². The minimum Gasteiger partial charge on any atom is -0.497 e. The van der Waals surface area contributed by atoms with Gasteiger partial charge < -0.3 is 14.8 Å². The molecule has 9 heteroatoms. The standard InChI is InChI=1S/C25H25F3N2O4/c1-24(2)12-17-21(19(31)13-24)22(15-11-14(33-3)9-10-20(15)34-4)30(23(32)25(26,27)28)18-8-6-5-7-16(18)29-17/h5-11,22,29H,12-13H2,1-4H3/t22-/m1/s1. The molecule has 0 bridgehead atoms. The number of hydrogen-bond acceptors (Lipinski definition) is 5. The van der Waals surface area contributed by atoms with E-state index in [0.29, 0.717) is 28.5 Å². The highest BCUT2D eigenvalue weighted by molar-refractivity contribution is 6.07. The number of carbonyl (C=O) groups is 2. The number of halogens is 3. The summed E-state index contributed by atoms with van der Waals surface area (Å²) in [4.78, 5) is 27.1. The molecule has 0 radical (unpaired) electrons. The Kier molecular flexibility index (Phi) is 5.83. The Hall–Kier alpha value is -3.49. The van der Waals surface area contributed by atoms with Crippen molar-refractivity contribution in [1.29, 1.82) is 0 Å². The average Bonchev–Trinajstić information content (AvgIpc) is 2.90. The quantitative estimate of drug-likeness (QED) is 0.645. The summed E-state index contributed by atoms with van der Waals surface area (Å²) >= 11 is 0. The summed E-state index contributed by atoms with van der Waals surface area (Å²) in [5, 5.41) is 3.18. The second kappa shape index (κ2) is 8.38. The number of carbonyl (C=O) groups excluding carboxylic acids is 2. The molecule has 4 rings (SSSR count). The monoisotopic (exact) mass is 474 g/mol. The van der Waals surface area contributed by atoms with Crippen LogP contribution in [0, 0.1) is 5.41 Å². The lowest BCUT2D eigenvalue weighted by Gasteiger charge is -2.37. The third kappa shape index (κ3) is 4.10. The van der Waals surface area contributed by atoms with Gasteiger partial charge in [0.2, 0.25) is 0 Å². The Morgan fingerprint density at radius 3 is 2.44 bits per heavy atom. The molecule has 1 aliphatic carbocycles. The lowest BCUT2D eigenvalue weighted by Crippen LogP contribution is -2.45. The van der Waals surface area contributed by atoms with Gasteiger partial charge in [0, 0.05) is 23.3 Å². The van der Waals surface area contributed by atoms with Gasteiger partial charge in [-0.15, -0.1) is 0 Å². The zero-order valence-corrected chi connectivity index (χ0v) is 19.2. The van der Waals surface area contributed by atoms with Crippen molar-refractivity contribution in [3.63, 3.8) is 0 Å². The normalized spacial score (nSPS) is 19.6. The van der Waals surface area contributed by atoms with Gasteiger partial charge in [-0.25, -0.2) is 0 Å². The molecular formula is C25H25F3N2O4. The molecule has 2 aromatic rings. The molecule has 2 aliphatic rings. The highest BCUT2D eigenvalue weighted by Crippen LogP contribution is 2.51.